The van der Waals surface area contributed by atoms with E-state index in [-0.39, 0.29) is 18.3 Å². The van der Waals surface area contributed by atoms with Crippen LogP contribution < -0.4 is 11.1 Å². The lowest BCUT2D eigenvalue weighted by Gasteiger charge is -2.18. The van der Waals surface area contributed by atoms with Crippen LogP contribution in [0.4, 0.5) is 11.5 Å². The molecule has 0 aliphatic carbocycles. The smallest absolute Gasteiger partial charge is 0.165 e. The van der Waals surface area contributed by atoms with Gasteiger partial charge in [0.05, 0.1) is 18.3 Å². The summed E-state index contributed by atoms with van der Waals surface area (Å²) in [6.07, 6.45) is 0.838. The Balaban J connectivity index is 2.77. The first-order chi connectivity index (χ1) is 8.06. The molecule has 0 amide bonds. The third-order valence-corrected chi connectivity index (χ3v) is 2.36. The maximum atomic E-state index is 9.24. The van der Waals surface area contributed by atoms with Gasteiger partial charge in [-0.3, -0.25) is 0 Å². The van der Waals surface area contributed by atoms with Gasteiger partial charge >= 0.3 is 0 Å². The number of hydrogen-bond donors (Lipinski definition) is 3. The number of hydrogen-bond acceptors (Lipinski definition) is 5. The maximum Gasteiger partial charge on any atom is 0.165 e. The summed E-state index contributed by atoms with van der Waals surface area (Å²) in [7, 11) is 0. The number of nitrogen functional groups attached to an aromatic ring is 1. The van der Waals surface area contributed by atoms with Crippen molar-refractivity contribution in [2.75, 3.05) is 17.7 Å². The first-order valence-corrected chi connectivity index (χ1v) is 5.60. The SMILES string of the molecule is CC(C)CC(CO)Nc1ccc(N)c(C#N)n1. The first kappa shape index (κ1) is 13.3. The summed E-state index contributed by atoms with van der Waals surface area (Å²) in [5.74, 6) is 1.04. The minimum atomic E-state index is -0.0577. The third-order valence-electron chi connectivity index (χ3n) is 2.36. The molecule has 92 valence electrons. The van der Waals surface area contributed by atoms with Crippen LogP contribution in [0, 0.1) is 17.2 Å². The average molecular weight is 234 g/mol. The van der Waals surface area contributed by atoms with Gasteiger partial charge in [0.2, 0.25) is 0 Å². The highest BCUT2D eigenvalue weighted by molar-refractivity contribution is 5.54. The number of nitrogens with one attached hydrogen (secondary N) is 1. The van der Waals surface area contributed by atoms with Crippen molar-refractivity contribution in [3.05, 3.63) is 17.8 Å². The number of rotatable bonds is 5. The Bertz CT molecular complexity index is 411. The number of aliphatic hydroxyl groups is 1. The molecule has 0 fully saturated rings. The Morgan fingerprint density at radius 1 is 1.53 bits per heavy atom. The van der Waals surface area contributed by atoms with E-state index in [0.717, 1.165) is 6.42 Å². The van der Waals surface area contributed by atoms with Gasteiger partial charge in [-0.15, -0.1) is 0 Å². The van der Waals surface area contributed by atoms with Crippen molar-refractivity contribution < 1.29 is 5.11 Å². The number of nitrogens with zero attached hydrogens (tertiary/aromatic N) is 2. The van der Waals surface area contributed by atoms with Gasteiger partial charge in [-0.25, -0.2) is 4.98 Å². The lowest BCUT2D eigenvalue weighted by atomic mass is 10.0. The predicted molar refractivity (Wildman–Crippen MR) is 67.3 cm³/mol. The van der Waals surface area contributed by atoms with Crippen LogP contribution in [-0.4, -0.2) is 22.7 Å². The van der Waals surface area contributed by atoms with Crippen molar-refractivity contribution in [1.82, 2.24) is 4.98 Å². The van der Waals surface area contributed by atoms with Crippen molar-refractivity contribution >= 4 is 11.5 Å². The summed E-state index contributed by atoms with van der Waals surface area (Å²) in [4.78, 5) is 4.08. The summed E-state index contributed by atoms with van der Waals surface area (Å²) < 4.78 is 0. The third kappa shape index (κ3) is 3.93. The summed E-state index contributed by atoms with van der Waals surface area (Å²) >= 11 is 0. The molecule has 5 nitrogen and oxygen atoms in total. The first-order valence-electron chi connectivity index (χ1n) is 5.60. The van der Waals surface area contributed by atoms with Gasteiger partial charge in [-0.2, -0.15) is 5.26 Å². The highest BCUT2D eigenvalue weighted by Crippen LogP contribution is 2.15. The molecular weight excluding hydrogens is 216 g/mol. The zero-order chi connectivity index (χ0) is 12.8. The molecule has 1 unspecified atom stereocenters. The number of pyridine rings is 1. The molecule has 1 rings (SSSR count). The molecule has 17 heavy (non-hydrogen) atoms. The molecule has 0 saturated carbocycles. The molecule has 1 heterocycles. The van der Waals surface area contributed by atoms with E-state index < -0.39 is 0 Å². The van der Waals surface area contributed by atoms with Gasteiger partial charge in [0.1, 0.15) is 11.9 Å². The Labute approximate surface area is 101 Å². The number of nitriles is 1. The van der Waals surface area contributed by atoms with E-state index in [2.05, 4.69) is 24.1 Å². The fraction of sp³-hybridized carbons (Fsp3) is 0.500. The largest absolute Gasteiger partial charge is 0.396 e. The number of aliphatic hydroxyl groups excluding tert-OH is 1. The monoisotopic (exact) mass is 234 g/mol. The topological polar surface area (TPSA) is 95.0 Å². The fourth-order valence-corrected chi connectivity index (χ4v) is 1.60. The number of nitrogens with two attached hydrogens (primary N) is 1. The van der Waals surface area contributed by atoms with Crippen LogP contribution in [0.15, 0.2) is 12.1 Å². The van der Waals surface area contributed by atoms with Crippen molar-refractivity contribution in [3.63, 3.8) is 0 Å². The fourth-order valence-electron chi connectivity index (χ4n) is 1.60. The van der Waals surface area contributed by atoms with E-state index in [4.69, 9.17) is 11.0 Å². The van der Waals surface area contributed by atoms with Crippen molar-refractivity contribution in [1.29, 1.82) is 5.26 Å². The summed E-state index contributed by atoms with van der Waals surface area (Å²) in [5, 5.41) is 21.1. The van der Waals surface area contributed by atoms with Gasteiger partial charge in [0, 0.05) is 0 Å². The van der Waals surface area contributed by atoms with E-state index in [9.17, 15) is 5.11 Å². The van der Waals surface area contributed by atoms with Crippen molar-refractivity contribution in [2.45, 2.75) is 26.3 Å². The molecule has 1 aromatic rings. The van der Waals surface area contributed by atoms with E-state index in [0.29, 0.717) is 17.4 Å². The van der Waals surface area contributed by atoms with Crippen LogP contribution in [0.3, 0.4) is 0 Å². The quantitative estimate of drug-likeness (QED) is 0.715. The van der Waals surface area contributed by atoms with Gasteiger partial charge in [-0.05, 0) is 24.5 Å². The maximum absolute atomic E-state index is 9.24. The zero-order valence-corrected chi connectivity index (χ0v) is 10.1. The van der Waals surface area contributed by atoms with Crippen LogP contribution in [0.25, 0.3) is 0 Å². The second-order valence-corrected chi connectivity index (χ2v) is 4.40. The average Bonchev–Trinajstić information content (AvgIpc) is 2.30. The molecule has 0 saturated heterocycles. The lowest BCUT2D eigenvalue weighted by molar-refractivity contribution is 0.259. The Hall–Kier alpha value is -1.80. The molecule has 0 aliphatic rings. The highest BCUT2D eigenvalue weighted by Gasteiger charge is 2.11. The minimum Gasteiger partial charge on any atom is -0.396 e. The van der Waals surface area contributed by atoms with Gasteiger partial charge in [-0.1, -0.05) is 13.8 Å². The van der Waals surface area contributed by atoms with E-state index in [1.54, 1.807) is 12.1 Å². The van der Waals surface area contributed by atoms with Crippen LogP contribution >= 0.6 is 0 Å². The van der Waals surface area contributed by atoms with E-state index in [1.807, 2.05) is 6.07 Å². The molecule has 1 atom stereocenters. The predicted octanol–water partition coefficient (Wildman–Crippen LogP) is 1.35. The second kappa shape index (κ2) is 6.06. The number of aromatic nitrogens is 1. The molecule has 4 N–H and O–H groups in total. The zero-order valence-electron chi connectivity index (χ0n) is 10.1. The molecule has 0 aromatic carbocycles. The second-order valence-electron chi connectivity index (χ2n) is 4.40. The summed E-state index contributed by atoms with van der Waals surface area (Å²) in [6, 6.07) is 5.22. The molecule has 0 aliphatic heterocycles. The number of anilines is 2. The molecular formula is C12H18N4O. The summed E-state index contributed by atoms with van der Waals surface area (Å²) in [5.41, 5.74) is 6.15. The molecule has 0 bridgehead atoms. The lowest BCUT2D eigenvalue weighted by Crippen LogP contribution is -2.26. The van der Waals surface area contributed by atoms with E-state index in [1.165, 1.54) is 0 Å². The Morgan fingerprint density at radius 3 is 2.76 bits per heavy atom. The molecule has 0 spiro atoms. The van der Waals surface area contributed by atoms with E-state index >= 15 is 0 Å². The molecule has 1 aromatic heterocycles. The van der Waals surface area contributed by atoms with Crippen molar-refractivity contribution in [3.8, 4) is 6.07 Å². The highest BCUT2D eigenvalue weighted by atomic mass is 16.3. The van der Waals surface area contributed by atoms with Gasteiger partial charge < -0.3 is 16.2 Å². The molecule has 5 heteroatoms. The normalized spacial score (nSPS) is 12.2. The van der Waals surface area contributed by atoms with Crippen molar-refractivity contribution in [2.24, 2.45) is 5.92 Å². The van der Waals surface area contributed by atoms with Gasteiger partial charge in [0.15, 0.2) is 5.69 Å². The van der Waals surface area contributed by atoms with Crippen LogP contribution in [-0.2, 0) is 0 Å². The standard InChI is InChI=1S/C12H18N4O/c1-8(2)5-9(7-17)15-12-4-3-10(14)11(6-13)16-12/h3-4,8-9,17H,5,7,14H2,1-2H3,(H,15,16). The van der Waals surface area contributed by atoms with Gasteiger partial charge in [0.25, 0.3) is 0 Å². The molecule has 0 radical (unpaired) electrons. The van der Waals surface area contributed by atoms with Crippen LogP contribution in [0.5, 0.6) is 0 Å². The van der Waals surface area contributed by atoms with Crippen LogP contribution in [0.1, 0.15) is 26.0 Å². The van der Waals surface area contributed by atoms with Crippen LogP contribution in [0.2, 0.25) is 0 Å². The Morgan fingerprint density at radius 2 is 2.24 bits per heavy atom. The summed E-state index contributed by atoms with van der Waals surface area (Å²) in [6.45, 7) is 4.20. The Kier molecular flexibility index (Phi) is 4.73. The minimum absolute atomic E-state index is 0.0339.